The minimum Gasteiger partial charge on any atom is -0.467 e. The molecule has 5 atom stereocenters. The van der Waals surface area contributed by atoms with Crippen LogP contribution >= 0.6 is 12.6 Å². The van der Waals surface area contributed by atoms with Crippen molar-refractivity contribution < 1.29 is 27.5 Å². The van der Waals surface area contributed by atoms with E-state index in [1.54, 1.807) is 0 Å². The third kappa shape index (κ3) is 12.7. The van der Waals surface area contributed by atoms with Crippen LogP contribution in [0.15, 0.2) is 30.3 Å². The Bertz CT molecular complexity index is 869. The first-order chi connectivity index (χ1) is 16.5. The molecule has 0 fully saturated rings. The molecule has 0 aliphatic heterocycles. The van der Waals surface area contributed by atoms with Gasteiger partial charge in [-0.3, -0.25) is 4.79 Å². The van der Waals surface area contributed by atoms with Gasteiger partial charge in [-0.05, 0) is 17.9 Å². The van der Waals surface area contributed by atoms with Crippen molar-refractivity contribution in [3.63, 3.8) is 0 Å². The summed E-state index contributed by atoms with van der Waals surface area (Å²) in [7, 11) is -2.14. The second-order valence-electron chi connectivity index (χ2n) is 8.86. The molecule has 1 unspecified atom stereocenters. The molecule has 0 saturated heterocycles. The number of benzene rings is 1. The summed E-state index contributed by atoms with van der Waals surface area (Å²) < 4.78 is 34.1. The highest BCUT2D eigenvalue weighted by Crippen LogP contribution is 2.13. The van der Waals surface area contributed by atoms with Gasteiger partial charge in [0.25, 0.3) is 0 Å². The van der Waals surface area contributed by atoms with Gasteiger partial charge in [0.05, 0.1) is 19.5 Å². The van der Waals surface area contributed by atoms with Crippen LogP contribution in [0.5, 0.6) is 0 Å². The molecule has 1 aromatic rings. The molecule has 4 N–H and O–H groups in total. The van der Waals surface area contributed by atoms with Gasteiger partial charge in [0.15, 0.2) is 0 Å². The number of rotatable bonds is 17. The van der Waals surface area contributed by atoms with Crippen LogP contribution in [-0.2, 0) is 35.3 Å². The smallest absolute Gasteiger partial charge is 0.328 e. The number of esters is 1. The Morgan fingerprint density at radius 3 is 2.40 bits per heavy atom. The average Bonchev–Trinajstić information content (AvgIpc) is 2.84. The van der Waals surface area contributed by atoms with Crippen LogP contribution in [0.3, 0.4) is 0 Å². The SMILES string of the molecule is CC[C@H](C)[C@H](CO[C@@H](Cc1ccccc1)C(=O)NC(CCS(C)(=O)=O)C(=O)OC)NC[C@@H](N)CS. The molecule has 0 radical (unpaired) electrons. The molecule has 35 heavy (non-hydrogen) atoms. The number of hydrogen-bond donors (Lipinski definition) is 4. The van der Waals surface area contributed by atoms with E-state index >= 15 is 0 Å². The van der Waals surface area contributed by atoms with Gasteiger partial charge in [-0.1, -0.05) is 50.6 Å². The molecule has 1 aromatic carbocycles. The molecule has 1 rings (SSSR count). The van der Waals surface area contributed by atoms with Gasteiger partial charge in [-0.25, -0.2) is 13.2 Å². The van der Waals surface area contributed by atoms with E-state index < -0.39 is 33.9 Å². The summed E-state index contributed by atoms with van der Waals surface area (Å²) in [6, 6.07) is 8.16. The minimum atomic E-state index is -3.33. The highest BCUT2D eigenvalue weighted by Gasteiger charge is 2.29. The van der Waals surface area contributed by atoms with Crippen molar-refractivity contribution in [1.82, 2.24) is 10.6 Å². The zero-order chi connectivity index (χ0) is 26.4. The largest absolute Gasteiger partial charge is 0.467 e. The standard InChI is InChI=1S/C24H41N3O6S2/c1-5-17(2)21(26-14-19(25)16-34)15-33-22(13-18-9-7-6-8-10-18)23(28)27-20(24(29)32-3)11-12-35(4,30)31/h6-10,17,19-22,26,34H,5,11-16,25H2,1-4H3,(H,27,28)/t17-,19+,20?,21-,22-/m0/s1. The van der Waals surface area contributed by atoms with E-state index in [1.165, 1.54) is 7.11 Å². The third-order valence-electron chi connectivity index (χ3n) is 5.82. The zero-order valence-corrected chi connectivity index (χ0v) is 22.8. The first-order valence-corrected chi connectivity index (χ1v) is 14.5. The fourth-order valence-electron chi connectivity index (χ4n) is 3.34. The predicted molar refractivity (Wildman–Crippen MR) is 141 cm³/mol. The number of ether oxygens (including phenoxy) is 2. The average molecular weight is 532 g/mol. The minimum absolute atomic E-state index is 0.0429. The lowest BCUT2D eigenvalue weighted by molar-refractivity contribution is -0.147. The molecule has 0 spiro atoms. The summed E-state index contributed by atoms with van der Waals surface area (Å²) in [5.41, 5.74) is 6.89. The first kappa shape index (κ1) is 31.4. The van der Waals surface area contributed by atoms with Crippen LogP contribution in [-0.4, -0.2) is 82.5 Å². The number of thiol groups is 1. The Hall–Kier alpha value is -1.66. The molecule has 0 aliphatic carbocycles. The summed E-state index contributed by atoms with van der Waals surface area (Å²) in [6.45, 7) is 4.99. The predicted octanol–water partition coefficient (Wildman–Crippen LogP) is 0.968. The van der Waals surface area contributed by atoms with Crippen molar-refractivity contribution in [2.45, 2.75) is 57.3 Å². The van der Waals surface area contributed by atoms with Gasteiger partial charge in [0.2, 0.25) is 5.91 Å². The quantitative estimate of drug-likeness (QED) is 0.172. The fourth-order valence-corrected chi connectivity index (χ4v) is 4.13. The number of nitrogens with one attached hydrogen (secondary N) is 2. The van der Waals surface area contributed by atoms with E-state index in [1.807, 2.05) is 30.3 Å². The third-order valence-corrected chi connectivity index (χ3v) is 7.27. The molecule has 200 valence electrons. The molecular formula is C24H41N3O6S2. The summed E-state index contributed by atoms with van der Waals surface area (Å²) in [5.74, 6) is -0.668. The summed E-state index contributed by atoms with van der Waals surface area (Å²) in [5, 5.41) is 6.05. The maximum absolute atomic E-state index is 13.2. The van der Waals surface area contributed by atoms with Crippen LogP contribution in [0, 0.1) is 5.92 Å². The molecular weight excluding hydrogens is 490 g/mol. The maximum Gasteiger partial charge on any atom is 0.328 e. The molecule has 11 heteroatoms. The van der Waals surface area contributed by atoms with Gasteiger partial charge < -0.3 is 25.8 Å². The molecule has 0 heterocycles. The van der Waals surface area contributed by atoms with Crippen molar-refractivity contribution in [3.05, 3.63) is 35.9 Å². The molecule has 9 nitrogen and oxygen atoms in total. The number of methoxy groups -OCH3 is 1. The van der Waals surface area contributed by atoms with E-state index in [0.29, 0.717) is 12.3 Å². The molecule has 0 aliphatic rings. The second-order valence-corrected chi connectivity index (χ2v) is 11.5. The number of carbonyl (C=O) groups excluding carboxylic acids is 2. The van der Waals surface area contributed by atoms with Crippen LogP contribution in [0.2, 0.25) is 0 Å². The van der Waals surface area contributed by atoms with E-state index in [0.717, 1.165) is 18.2 Å². The second kappa shape index (κ2) is 16.2. The summed E-state index contributed by atoms with van der Waals surface area (Å²) >= 11 is 4.23. The summed E-state index contributed by atoms with van der Waals surface area (Å²) in [4.78, 5) is 25.4. The number of carbonyl (C=O) groups is 2. The lowest BCUT2D eigenvalue weighted by atomic mass is 9.99. The van der Waals surface area contributed by atoms with E-state index in [4.69, 9.17) is 15.2 Å². The van der Waals surface area contributed by atoms with Crippen molar-refractivity contribution in [2.24, 2.45) is 11.7 Å². The highest BCUT2D eigenvalue weighted by atomic mass is 32.2. The van der Waals surface area contributed by atoms with Crippen LogP contribution in [0.25, 0.3) is 0 Å². The van der Waals surface area contributed by atoms with Gasteiger partial charge in [0, 0.05) is 37.1 Å². The van der Waals surface area contributed by atoms with E-state index in [-0.39, 0.29) is 43.2 Å². The van der Waals surface area contributed by atoms with E-state index in [9.17, 15) is 18.0 Å². The fraction of sp³-hybridized carbons (Fsp3) is 0.667. The normalized spacial score (nSPS) is 16.1. The topological polar surface area (TPSA) is 137 Å². The Morgan fingerprint density at radius 2 is 1.86 bits per heavy atom. The molecule has 1 amide bonds. The monoisotopic (exact) mass is 531 g/mol. The van der Waals surface area contributed by atoms with Crippen molar-refractivity contribution >= 4 is 34.3 Å². The number of amides is 1. The molecule has 0 bridgehead atoms. The van der Waals surface area contributed by atoms with Gasteiger partial charge in [-0.15, -0.1) is 0 Å². The lowest BCUT2D eigenvalue weighted by Crippen LogP contribution is -2.50. The van der Waals surface area contributed by atoms with Gasteiger partial charge >= 0.3 is 5.97 Å². The van der Waals surface area contributed by atoms with E-state index in [2.05, 4.69) is 37.1 Å². The van der Waals surface area contributed by atoms with Crippen LogP contribution in [0.1, 0.15) is 32.3 Å². The van der Waals surface area contributed by atoms with Gasteiger partial charge in [0.1, 0.15) is 22.0 Å². The number of nitrogens with two attached hydrogens (primary N) is 1. The Kier molecular flexibility index (Phi) is 14.5. The Labute approximate surface area is 215 Å². The van der Waals surface area contributed by atoms with Crippen molar-refractivity contribution in [1.29, 1.82) is 0 Å². The molecule has 0 aromatic heterocycles. The molecule has 0 saturated carbocycles. The maximum atomic E-state index is 13.2. The van der Waals surface area contributed by atoms with Crippen LogP contribution in [0.4, 0.5) is 0 Å². The Balaban J connectivity index is 3.02. The van der Waals surface area contributed by atoms with Crippen LogP contribution < -0.4 is 16.4 Å². The number of sulfone groups is 1. The van der Waals surface area contributed by atoms with Gasteiger partial charge in [-0.2, -0.15) is 12.6 Å². The highest BCUT2D eigenvalue weighted by molar-refractivity contribution is 7.90. The lowest BCUT2D eigenvalue weighted by Gasteiger charge is -2.28. The first-order valence-electron chi connectivity index (χ1n) is 11.8. The van der Waals surface area contributed by atoms with Crippen molar-refractivity contribution in [2.75, 3.05) is 38.0 Å². The number of hydrogen-bond acceptors (Lipinski definition) is 9. The van der Waals surface area contributed by atoms with Crippen molar-refractivity contribution in [3.8, 4) is 0 Å². The summed E-state index contributed by atoms with van der Waals surface area (Å²) in [6.07, 6.45) is 1.29. The Morgan fingerprint density at radius 1 is 1.20 bits per heavy atom. The zero-order valence-electron chi connectivity index (χ0n) is 21.1.